The summed E-state index contributed by atoms with van der Waals surface area (Å²) in [5.74, 6) is -0.561. The van der Waals surface area contributed by atoms with Crippen LogP contribution in [0.1, 0.15) is 40.4 Å². The van der Waals surface area contributed by atoms with Crippen molar-refractivity contribution >= 4 is 21.7 Å². The van der Waals surface area contributed by atoms with Crippen LogP contribution in [-0.4, -0.2) is 10.8 Å². The number of Topliss-reactive ketones (excluding diaryl/α,β-unsaturated/α-hetero) is 1. The van der Waals surface area contributed by atoms with E-state index in [1.54, 1.807) is 12.3 Å². The fraction of sp³-hybridized carbons (Fsp3) is 0.250. The number of hydrogen-bond acceptors (Lipinski definition) is 2. The third kappa shape index (κ3) is 2.40. The Hall–Kier alpha value is -1.55. The Balaban J connectivity index is 2.00. The first-order chi connectivity index (χ1) is 9.66. The van der Waals surface area contributed by atoms with Gasteiger partial charge in [-0.05, 0) is 65.0 Å². The Morgan fingerprint density at radius 3 is 3.00 bits per heavy atom. The molecule has 0 aliphatic heterocycles. The average Bonchev–Trinajstić information content (AvgIpc) is 2.46. The Morgan fingerprint density at radius 1 is 1.35 bits per heavy atom. The summed E-state index contributed by atoms with van der Waals surface area (Å²) in [6.07, 6.45) is 4.47. The van der Waals surface area contributed by atoms with Crippen molar-refractivity contribution in [1.29, 1.82) is 0 Å². The second kappa shape index (κ2) is 5.44. The lowest BCUT2D eigenvalue weighted by molar-refractivity contribution is 0.0948. The molecule has 20 heavy (non-hydrogen) atoms. The second-order valence-electron chi connectivity index (χ2n) is 4.98. The molecular formula is C16H13BrFNO. The van der Waals surface area contributed by atoms with Crippen LogP contribution in [0.3, 0.4) is 0 Å². The molecule has 1 atom stereocenters. The molecule has 1 aliphatic rings. The molecule has 0 fully saturated rings. The summed E-state index contributed by atoms with van der Waals surface area (Å²) >= 11 is 3.27. The fourth-order valence-electron chi connectivity index (χ4n) is 2.74. The van der Waals surface area contributed by atoms with Crippen molar-refractivity contribution in [3.63, 3.8) is 0 Å². The van der Waals surface area contributed by atoms with Gasteiger partial charge >= 0.3 is 0 Å². The Morgan fingerprint density at radius 2 is 2.20 bits per heavy atom. The minimum absolute atomic E-state index is 0.0107. The van der Waals surface area contributed by atoms with Gasteiger partial charge in [-0.15, -0.1) is 0 Å². The number of carbonyl (C=O) groups is 1. The molecule has 0 N–H and O–H groups in total. The summed E-state index contributed by atoms with van der Waals surface area (Å²) in [7, 11) is 0. The minimum atomic E-state index is -0.351. The maximum absolute atomic E-state index is 13.1. The molecule has 1 aromatic carbocycles. The average molecular weight is 334 g/mol. The molecule has 0 spiro atoms. The number of ketones is 1. The molecule has 2 aromatic rings. The van der Waals surface area contributed by atoms with Crippen molar-refractivity contribution in [2.45, 2.75) is 25.2 Å². The summed E-state index contributed by atoms with van der Waals surface area (Å²) in [4.78, 5) is 17.1. The third-order valence-corrected chi connectivity index (χ3v) is 4.36. The van der Waals surface area contributed by atoms with Gasteiger partial charge in [0.1, 0.15) is 5.82 Å². The van der Waals surface area contributed by atoms with Crippen LogP contribution in [0.25, 0.3) is 0 Å². The van der Waals surface area contributed by atoms with E-state index in [0.717, 1.165) is 30.5 Å². The number of fused-ring (bicyclic) bond motifs is 1. The topological polar surface area (TPSA) is 30.0 Å². The third-order valence-electron chi connectivity index (χ3n) is 3.71. The molecule has 0 bridgehead atoms. The molecule has 1 heterocycles. The predicted octanol–water partition coefficient (Wildman–Crippen LogP) is 4.29. The smallest absolute Gasteiger partial charge is 0.173 e. The summed E-state index contributed by atoms with van der Waals surface area (Å²) in [5, 5.41) is 0. The highest BCUT2D eigenvalue weighted by Gasteiger charge is 2.29. The summed E-state index contributed by atoms with van der Waals surface area (Å²) in [6, 6.07) is 8.12. The lowest BCUT2D eigenvalue weighted by Crippen LogP contribution is -2.20. The van der Waals surface area contributed by atoms with Crippen molar-refractivity contribution in [3.05, 3.63) is 63.6 Å². The van der Waals surface area contributed by atoms with Crippen LogP contribution < -0.4 is 0 Å². The first kappa shape index (κ1) is 13.4. The van der Waals surface area contributed by atoms with Crippen LogP contribution in [-0.2, 0) is 6.42 Å². The lowest BCUT2D eigenvalue weighted by atomic mass is 9.82. The molecule has 3 rings (SSSR count). The second-order valence-corrected chi connectivity index (χ2v) is 5.84. The van der Waals surface area contributed by atoms with Crippen LogP contribution in [0.15, 0.2) is 41.0 Å². The van der Waals surface area contributed by atoms with Gasteiger partial charge in [0.05, 0.1) is 11.6 Å². The molecule has 102 valence electrons. The normalized spacial score (nSPS) is 17.6. The van der Waals surface area contributed by atoms with Crippen molar-refractivity contribution in [3.8, 4) is 0 Å². The van der Waals surface area contributed by atoms with Crippen molar-refractivity contribution in [1.82, 2.24) is 4.98 Å². The SMILES string of the molecule is O=C(c1ccc(F)cc1Br)C1CCCc2cccnc21. The number of nitrogens with zero attached hydrogens (tertiary/aromatic N) is 1. The molecular weight excluding hydrogens is 321 g/mol. The predicted molar refractivity (Wildman–Crippen MR) is 78.3 cm³/mol. The van der Waals surface area contributed by atoms with Gasteiger partial charge in [0.25, 0.3) is 0 Å². The Kier molecular flexibility index (Phi) is 3.66. The molecule has 0 saturated heterocycles. The van der Waals surface area contributed by atoms with Crippen LogP contribution in [0.2, 0.25) is 0 Å². The van der Waals surface area contributed by atoms with Gasteiger partial charge in [-0.2, -0.15) is 0 Å². The number of rotatable bonds is 2. The molecule has 2 nitrogen and oxygen atoms in total. The summed E-state index contributed by atoms with van der Waals surface area (Å²) < 4.78 is 13.6. The largest absolute Gasteiger partial charge is 0.293 e. The molecule has 0 radical (unpaired) electrons. The van der Waals surface area contributed by atoms with Gasteiger partial charge in [0.2, 0.25) is 0 Å². The molecule has 1 unspecified atom stereocenters. The van der Waals surface area contributed by atoms with E-state index in [9.17, 15) is 9.18 Å². The van der Waals surface area contributed by atoms with E-state index >= 15 is 0 Å². The molecule has 4 heteroatoms. The summed E-state index contributed by atoms with van der Waals surface area (Å²) in [6.45, 7) is 0. The van der Waals surface area contributed by atoms with E-state index in [4.69, 9.17) is 0 Å². The van der Waals surface area contributed by atoms with Crippen molar-refractivity contribution < 1.29 is 9.18 Å². The molecule has 1 aliphatic carbocycles. The van der Waals surface area contributed by atoms with E-state index in [-0.39, 0.29) is 17.5 Å². The fourth-order valence-corrected chi connectivity index (χ4v) is 3.29. The highest BCUT2D eigenvalue weighted by Crippen LogP contribution is 2.34. The number of aromatic nitrogens is 1. The van der Waals surface area contributed by atoms with Gasteiger partial charge in [0, 0.05) is 16.2 Å². The standard InChI is InChI=1S/C16H13BrFNO/c17-14-9-11(18)6-7-12(14)16(20)13-5-1-3-10-4-2-8-19-15(10)13/h2,4,6-9,13H,1,3,5H2. The van der Waals surface area contributed by atoms with Gasteiger partial charge < -0.3 is 0 Å². The van der Waals surface area contributed by atoms with E-state index in [1.165, 1.54) is 12.1 Å². The minimum Gasteiger partial charge on any atom is -0.293 e. The maximum Gasteiger partial charge on any atom is 0.173 e. The monoisotopic (exact) mass is 333 g/mol. The number of pyridine rings is 1. The van der Waals surface area contributed by atoms with E-state index < -0.39 is 0 Å². The molecule has 0 amide bonds. The van der Waals surface area contributed by atoms with Gasteiger partial charge in [-0.3, -0.25) is 9.78 Å². The van der Waals surface area contributed by atoms with Crippen LogP contribution in [0, 0.1) is 5.82 Å². The van der Waals surface area contributed by atoms with E-state index in [2.05, 4.69) is 20.9 Å². The number of benzene rings is 1. The first-order valence-corrected chi connectivity index (χ1v) is 7.39. The lowest BCUT2D eigenvalue weighted by Gasteiger charge is -2.23. The zero-order valence-corrected chi connectivity index (χ0v) is 12.4. The van der Waals surface area contributed by atoms with Gasteiger partial charge in [-0.25, -0.2) is 4.39 Å². The number of aryl methyl sites for hydroxylation is 1. The van der Waals surface area contributed by atoms with Crippen LogP contribution in [0.5, 0.6) is 0 Å². The highest BCUT2D eigenvalue weighted by atomic mass is 79.9. The Bertz CT molecular complexity index is 671. The van der Waals surface area contributed by atoms with Crippen LogP contribution >= 0.6 is 15.9 Å². The molecule has 0 saturated carbocycles. The summed E-state index contributed by atoms with van der Waals surface area (Å²) in [5.41, 5.74) is 2.55. The Labute approximate surface area is 125 Å². The van der Waals surface area contributed by atoms with Gasteiger partial charge in [0.15, 0.2) is 5.78 Å². The van der Waals surface area contributed by atoms with E-state index in [1.807, 2.05) is 12.1 Å². The first-order valence-electron chi connectivity index (χ1n) is 6.60. The molecule has 1 aromatic heterocycles. The highest BCUT2D eigenvalue weighted by molar-refractivity contribution is 9.10. The van der Waals surface area contributed by atoms with Gasteiger partial charge in [-0.1, -0.05) is 6.07 Å². The van der Waals surface area contributed by atoms with Crippen molar-refractivity contribution in [2.24, 2.45) is 0 Å². The van der Waals surface area contributed by atoms with E-state index in [0.29, 0.717) is 10.0 Å². The quantitative estimate of drug-likeness (QED) is 0.767. The maximum atomic E-state index is 13.1. The number of halogens is 2. The van der Waals surface area contributed by atoms with Crippen LogP contribution in [0.4, 0.5) is 4.39 Å². The number of carbonyl (C=O) groups excluding carboxylic acids is 1. The zero-order valence-electron chi connectivity index (χ0n) is 10.8. The number of hydrogen-bond donors (Lipinski definition) is 0. The zero-order chi connectivity index (χ0) is 14.1. The van der Waals surface area contributed by atoms with Crippen molar-refractivity contribution in [2.75, 3.05) is 0 Å².